The van der Waals surface area contributed by atoms with Crippen LogP contribution in [0.25, 0.3) is 5.76 Å². The molecule has 0 bridgehead atoms. The number of anilines is 1. The molecule has 1 aromatic carbocycles. The number of primary amides is 1. The van der Waals surface area contributed by atoms with Gasteiger partial charge in [-0.1, -0.05) is 0 Å². The number of amides is 2. The number of carbonyl (C=O) groups is 3. The highest BCUT2D eigenvalue weighted by Gasteiger charge is 2.61. The number of hydrogen-bond acceptors (Lipinski definition) is 9. The van der Waals surface area contributed by atoms with Crippen molar-refractivity contribution in [2.75, 3.05) is 33.1 Å². The summed E-state index contributed by atoms with van der Waals surface area (Å²) in [6.07, 6.45) is -2.06. The molecule has 1 fully saturated rings. The van der Waals surface area contributed by atoms with Crippen molar-refractivity contribution in [1.82, 2.24) is 4.90 Å². The van der Waals surface area contributed by atoms with Gasteiger partial charge in [0.15, 0.2) is 11.4 Å². The summed E-state index contributed by atoms with van der Waals surface area (Å²) in [5, 5.41) is 54.7. The number of nitrogens with zero attached hydrogens (tertiary/aromatic N) is 2. The highest BCUT2D eigenvalue weighted by Crippen LogP contribution is 2.53. The number of Topliss-reactive ketones (excluding diaryl/α,β-unsaturated/α-hetero) is 1. The zero-order valence-electron chi connectivity index (χ0n) is 19.9. The Bertz CT molecular complexity index is 1230. The summed E-state index contributed by atoms with van der Waals surface area (Å²) in [6.45, 7) is 0. The lowest BCUT2D eigenvalue weighted by Gasteiger charge is -2.49. The number of aliphatic hydroxyl groups is 4. The van der Waals surface area contributed by atoms with Crippen LogP contribution >= 0.6 is 0 Å². The van der Waals surface area contributed by atoms with Crippen molar-refractivity contribution in [3.63, 3.8) is 0 Å². The van der Waals surface area contributed by atoms with Crippen LogP contribution in [0.4, 0.5) is 5.69 Å². The third kappa shape index (κ3) is 3.29. The van der Waals surface area contributed by atoms with Gasteiger partial charge in [-0.05, 0) is 30.4 Å². The topological polar surface area (TPSA) is 185 Å². The van der Waals surface area contributed by atoms with E-state index in [2.05, 4.69) is 0 Å². The molecule has 3 aliphatic rings. The van der Waals surface area contributed by atoms with Gasteiger partial charge in [0.05, 0.1) is 16.7 Å². The number of phenolic OH excluding ortho intramolecular Hbond substituents is 1. The Kier molecular flexibility index (Phi) is 5.61. The van der Waals surface area contributed by atoms with Gasteiger partial charge in [0.2, 0.25) is 0 Å². The number of fused-ring (bicyclic) bond motifs is 3. The number of nitrogens with two attached hydrogens (primary N) is 1. The summed E-state index contributed by atoms with van der Waals surface area (Å²) in [5.41, 5.74) is 2.78. The molecule has 1 aromatic rings. The number of allylic oxidation sites excluding steroid dienone is 1. The number of aromatic hydroxyl groups is 1. The van der Waals surface area contributed by atoms with Crippen LogP contribution < -0.4 is 10.6 Å². The summed E-state index contributed by atoms with van der Waals surface area (Å²) >= 11 is 0. The Morgan fingerprint density at radius 3 is 2.29 bits per heavy atom. The zero-order valence-corrected chi connectivity index (χ0v) is 19.9. The number of rotatable bonds is 3. The second-order valence-electron chi connectivity index (χ2n) is 9.82. The fourth-order valence-electron chi connectivity index (χ4n) is 5.64. The molecule has 0 radical (unpaired) electrons. The molecule has 188 valence electrons. The van der Waals surface area contributed by atoms with E-state index >= 15 is 0 Å². The second-order valence-corrected chi connectivity index (χ2v) is 9.82. The molecule has 1 saturated carbocycles. The molecule has 0 heterocycles. The van der Waals surface area contributed by atoms with E-state index in [4.69, 9.17) is 5.73 Å². The Hall–Kier alpha value is -3.57. The lowest BCUT2D eigenvalue weighted by atomic mass is 9.58. The van der Waals surface area contributed by atoms with Crippen molar-refractivity contribution in [3.8, 4) is 5.75 Å². The van der Waals surface area contributed by atoms with E-state index in [1.54, 1.807) is 19.0 Å². The number of carbonyl (C=O) groups excluding carboxylic acids is 3. The van der Waals surface area contributed by atoms with Gasteiger partial charge in [-0.3, -0.25) is 14.4 Å². The molecule has 0 saturated heterocycles. The van der Waals surface area contributed by atoms with Gasteiger partial charge in [-0.15, -0.1) is 0 Å². The van der Waals surface area contributed by atoms with Crippen molar-refractivity contribution in [3.05, 3.63) is 39.7 Å². The maximum atomic E-state index is 13.6. The van der Waals surface area contributed by atoms with Gasteiger partial charge in [0, 0.05) is 51.8 Å². The molecule has 3 aliphatic carbocycles. The fraction of sp³-hybridized carbons (Fsp3) is 0.458. The van der Waals surface area contributed by atoms with Gasteiger partial charge in [0.1, 0.15) is 23.4 Å². The molecule has 0 spiro atoms. The predicted octanol–water partition coefficient (Wildman–Crippen LogP) is -0.0165. The first-order valence-corrected chi connectivity index (χ1v) is 11.1. The Morgan fingerprint density at radius 1 is 1.11 bits per heavy atom. The van der Waals surface area contributed by atoms with Crippen LogP contribution in [0.2, 0.25) is 0 Å². The lowest BCUT2D eigenvalue weighted by Crippen LogP contribution is -2.63. The molecule has 11 heteroatoms. The smallest absolute Gasteiger partial charge is 0.257 e. The highest BCUT2D eigenvalue weighted by molar-refractivity contribution is 6.12. The monoisotopic (exact) mass is 487 g/mol. The third-order valence-corrected chi connectivity index (χ3v) is 7.36. The van der Waals surface area contributed by atoms with E-state index in [0.717, 1.165) is 0 Å². The van der Waals surface area contributed by atoms with Crippen molar-refractivity contribution < 1.29 is 39.9 Å². The minimum Gasteiger partial charge on any atom is -0.512 e. The first kappa shape index (κ1) is 24.6. The van der Waals surface area contributed by atoms with E-state index in [0.29, 0.717) is 11.3 Å². The molecule has 7 N–H and O–H groups in total. The van der Waals surface area contributed by atoms with Gasteiger partial charge in [0.25, 0.3) is 11.8 Å². The second kappa shape index (κ2) is 7.99. The van der Waals surface area contributed by atoms with Gasteiger partial charge < -0.3 is 41.1 Å². The van der Waals surface area contributed by atoms with E-state index in [-0.39, 0.29) is 36.0 Å². The minimum absolute atomic E-state index is 0.0792. The quantitative estimate of drug-likeness (QED) is 0.341. The van der Waals surface area contributed by atoms with Crippen LogP contribution in [0.3, 0.4) is 0 Å². The lowest BCUT2D eigenvalue weighted by molar-refractivity contribution is -0.164. The summed E-state index contributed by atoms with van der Waals surface area (Å²) in [5.74, 6) is -5.86. The molecular weight excluding hydrogens is 458 g/mol. The summed E-state index contributed by atoms with van der Waals surface area (Å²) in [7, 11) is 6.50. The Morgan fingerprint density at radius 2 is 1.74 bits per heavy atom. The van der Waals surface area contributed by atoms with Crippen LogP contribution in [-0.4, -0.2) is 87.9 Å². The predicted molar refractivity (Wildman–Crippen MR) is 125 cm³/mol. The fourth-order valence-corrected chi connectivity index (χ4v) is 5.64. The molecule has 0 aromatic heterocycles. The van der Waals surface area contributed by atoms with E-state index in [1.807, 2.05) is 0 Å². The Balaban J connectivity index is 1.95. The maximum absolute atomic E-state index is 13.6. The van der Waals surface area contributed by atoms with Crippen molar-refractivity contribution >= 4 is 29.0 Å². The van der Waals surface area contributed by atoms with E-state index in [9.17, 15) is 39.9 Å². The zero-order chi connectivity index (χ0) is 26.1. The minimum atomic E-state index is -2.51. The normalized spacial score (nSPS) is 27.7. The van der Waals surface area contributed by atoms with Crippen LogP contribution in [0.5, 0.6) is 5.75 Å². The molecule has 0 aliphatic heterocycles. The van der Waals surface area contributed by atoms with E-state index in [1.165, 1.54) is 25.1 Å². The third-order valence-electron chi connectivity index (χ3n) is 7.36. The van der Waals surface area contributed by atoms with Crippen LogP contribution in [-0.2, 0) is 16.0 Å². The number of aliphatic hydroxyl groups excluding tert-OH is 3. The highest BCUT2D eigenvalue weighted by atomic mass is 16.4. The van der Waals surface area contributed by atoms with Crippen molar-refractivity contribution in [1.29, 1.82) is 0 Å². The maximum Gasteiger partial charge on any atom is 0.257 e. The molecule has 35 heavy (non-hydrogen) atoms. The van der Waals surface area contributed by atoms with Crippen LogP contribution in [0.1, 0.15) is 34.3 Å². The summed E-state index contributed by atoms with van der Waals surface area (Å²) < 4.78 is 0. The standard InChI is InChI=1S/C24H29N3O8/c1-26(2)13-8-12(23(34)27(3)4)18(29)16-11(13)6-9-5-10-7-14(28)17(22(25)33)21(32)24(10,35)20(31)15(9)19(16)30/h8-10,21,28-30,32,35H,5-7H2,1-4H3,(H2,25,33)/t9-,10+,21?,24+/m1/s1. The number of phenols is 1. The number of benzene rings is 1. The van der Waals surface area contributed by atoms with E-state index < -0.39 is 64.0 Å². The van der Waals surface area contributed by atoms with Gasteiger partial charge in [-0.2, -0.15) is 0 Å². The van der Waals surface area contributed by atoms with Crippen LogP contribution in [0.15, 0.2) is 23.0 Å². The van der Waals surface area contributed by atoms with Crippen molar-refractivity contribution in [2.24, 2.45) is 17.6 Å². The molecule has 2 amide bonds. The molecular formula is C24H29N3O8. The first-order valence-electron chi connectivity index (χ1n) is 11.1. The van der Waals surface area contributed by atoms with Gasteiger partial charge in [-0.25, -0.2) is 0 Å². The SMILES string of the molecule is CN(C)C(=O)c1cc(N(C)C)c2c(c1O)C(O)=C1C(=O)[C@]3(O)C(O)C(C(N)=O)=C(O)C[C@@H]3C[C@@H]1C2. The molecule has 11 nitrogen and oxygen atoms in total. The molecule has 1 unspecified atom stereocenters. The first-order chi connectivity index (χ1) is 16.2. The molecule has 4 rings (SSSR count). The number of ketones is 1. The average Bonchev–Trinajstić information content (AvgIpc) is 2.75. The summed E-state index contributed by atoms with van der Waals surface area (Å²) in [4.78, 5) is 41.1. The molecule has 4 atom stereocenters. The largest absolute Gasteiger partial charge is 0.512 e. The number of hydrogen-bond donors (Lipinski definition) is 6. The average molecular weight is 488 g/mol. The summed E-state index contributed by atoms with van der Waals surface area (Å²) in [6, 6.07) is 1.52. The Labute approximate surface area is 201 Å². The van der Waals surface area contributed by atoms with Crippen molar-refractivity contribution in [2.45, 2.75) is 31.0 Å². The van der Waals surface area contributed by atoms with Gasteiger partial charge >= 0.3 is 0 Å². The van der Waals surface area contributed by atoms with Crippen LogP contribution in [0, 0.1) is 11.8 Å².